The van der Waals surface area contributed by atoms with Crippen molar-refractivity contribution in [2.75, 3.05) is 20.3 Å². The van der Waals surface area contributed by atoms with Crippen LogP contribution >= 0.6 is 0 Å². The van der Waals surface area contributed by atoms with Gasteiger partial charge in [-0.3, -0.25) is 0 Å². The molecule has 0 aromatic heterocycles. The van der Waals surface area contributed by atoms with Crippen molar-refractivity contribution in [2.45, 2.75) is 19.4 Å². The normalized spacial score (nSPS) is 16.8. The predicted molar refractivity (Wildman–Crippen MR) is 40.7 cm³/mol. The van der Waals surface area contributed by atoms with Gasteiger partial charge in [0.2, 0.25) is 0 Å². The second kappa shape index (κ2) is 5.65. The van der Waals surface area contributed by atoms with Crippen LogP contribution in [0.5, 0.6) is 0 Å². The van der Waals surface area contributed by atoms with Gasteiger partial charge in [-0.15, -0.1) is 0 Å². The molecule has 0 aliphatic rings. The van der Waals surface area contributed by atoms with Crippen molar-refractivity contribution in [3.63, 3.8) is 0 Å². The Hall–Kier alpha value is -0.120. The van der Waals surface area contributed by atoms with E-state index in [0.717, 1.165) is 13.0 Å². The van der Waals surface area contributed by atoms with Gasteiger partial charge in [0.25, 0.3) is 0 Å². The molecule has 2 atom stereocenters. The Bertz CT molecular complexity index is 78.0. The van der Waals surface area contributed by atoms with Gasteiger partial charge in [-0.05, 0) is 12.3 Å². The van der Waals surface area contributed by atoms with Crippen LogP contribution in [-0.4, -0.2) is 31.5 Å². The van der Waals surface area contributed by atoms with Crippen LogP contribution in [0.4, 0.5) is 0 Å². The molecule has 0 aliphatic carbocycles. The molecule has 0 saturated heterocycles. The number of methoxy groups -OCH3 is 1. The summed E-state index contributed by atoms with van der Waals surface area (Å²) in [4.78, 5) is 0. The second-order valence-corrected chi connectivity index (χ2v) is 2.61. The lowest BCUT2D eigenvalue weighted by molar-refractivity contribution is 0.160. The molecule has 0 fully saturated rings. The first kappa shape index (κ1) is 9.88. The number of rotatable bonds is 5. The summed E-state index contributed by atoms with van der Waals surface area (Å²) in [6, 6.07) is -0.102. The maximum absolute atomic E-state index is 8.64. The summed E-state index contributed by atoms with van der Waals surface area (Å²) >= 11 is 0. The number of hydrogen-bond acceptors (Lipinski definition) is 3. The van der Waals surface area contributed by atoms with E-state index in [0.29, 0.717) is 5.92 Å². The van der Waals surface area contributed by atoms with Crippen LogP contribution in [0.25, 0.3) is 0 Å². The third-order valence-corrected chi connectivity index (χ3v) is 1.72. The van der Waals surface area contributed by atoms with Gasteiger partial charge < -0.3 is 15.6 Å². The molecule has 0 radical (unpaired) electrons. The molecule has 3 heteroatoms. The van der Waals surface area contributed by atoms with E-state index in [1.807, 2.05) is 6.92 Å². The summed E-state index contributed by atoms with van der Waals surface area (Å²) in [7, 11) is 1.66. The van der Waals surface area contributed by atoms with Crippen molar-refractivity contribution in [2.24, 2.45) is 11.7 Å². The van der Waals surface area contributed by atoms with Crippen LogP contribution in [0.3, 0.4) is 0 Å². The van der Waals surface area contributed by atoms with Crippen LogP contribution < -0.4 is 5.73 Å². The molecule has 0 saturated carbocycles. The molecule has 0 rings (SSSR count). The van der Waals surface area contributed by atoms with E-state index in [-0.39, 0.29) is 12.6 Å². The smallest absolute Gasteiger partial charge is 0.0585 e. The quantitative estimate of drug-likeness (QED) is 0.574. The van der Waals surface area contributed by atoms with Crippen molar-refractivity contribution in [3.05, 3.63) is 0 Å². The minimum absolute atomic E-state index is 0.0604. The molecule has 0 spiro atoms. The summed E-state index contributed by atoms with van der Waals surface area (Å²) in [6.45, 7) is 2.79. The number of aliphatic hydroxyl groups is 1. The molecule has 3 N–H and O–H groups in total. The van der Waals surface area contributed by atoms with Gasteiger partial charge in [0.15, 0.2) is 0 Å². The summed E-state index contributed by atoms with van der Waals surface area (Å²) in [5.41, 5.74) is 5.55. The average molecular weight is 147 g/mol. The van der Waals surface area contributed by atoms with Crippen LogP contribution in [0, 0.1) is 5.92 Å². The van der Waals surface area contributed by atoms with Crippen LogP contribution in [0.15, 0.2) is 0 Å². The van der Waals surface area contributed by atoms with E-state index < -0.39 is 0 Å². The highest BCUT2D eigenvalue weighted by atomic mass is 16.5. The van der Waals surface area contributed by atoms with E-state index in [1.165, 1.54) is 0 Å². The highest BCUT2D eigenvalue weighted by Crippen LogP contribution is 2.04. The summed E-state index contributed by atoms with van der Waals surface area (Å²) in [5, 5.41) is 8.64. The lowest BCUT2D eigenvalue weighted by atomic mass is 10.0. The predicted octanol–water partition coefficient (Wildman–Crippen LogP) is -0.0214. The minimum Gasteiger partial charge on any atom is -0.395 e. The standard InChI is InChI=1S/C7H17NO2/c1-6(3-4-10-2)7(8)5-9/h6-7,9H,3-5,8H2,1-2H3. The van der Waals surface area contributed by atoms with Gasteiger partial charge in [0.1, 0.15) is 0 Å². The number of nitrogens with two attached hydrogens (primary N) is 1. The van der Waals surface area contributed by atoms with E-state index in [2.05, 4.69) is 0 Å². The Morgan fingerprint density at radius 2 is 2.20 bits per heavy atom. The zero-order valence-electron chi connectivity index (χ0n) is 6.71. The Morgan fingerprint density at radius 1 is 1.60 bits per heavy atom. The SMILES string of the molecule is COCCC(C)C(N)CO. The molecule has 0 aromatic carbocycles. The summed E-state index contributed by atoms with van der Waals surface area (Å²) in [6.07, 6.45) is 0.915. The van der Waals surface area contributed by atoms with Gasteiger partial charge in [0, 0.05) is 19.8 Å². The van der Waals surface area contributed by atoms with Crippen LogP contribution in [0.2, 0.25) is 0 Å². The lowest BCUT2D eigenvalue weighted by Gasteiger charge is -2.16. The number of aliphatic hydroxyl groups excluding tert-OH is 1. The Labute approximate surface area is 62.2 Å². The first-order chi connectivity index (χ1) is 4.72. The molecule has 0 aromatic rings. The van der Waals surface area contributed by atoms with E-state index >= 15 is 0 Å². The summed E-state index contributed by atoms with van der Waals surface area (Å²) < 4.78 is 4.87. The Morgan fingerprint density at radius 3 is 2.60 bits per heavy atom. The van der Waals surface area contributed by atoms with E-state index in [9.17, 15) is 0 Å². The fourth-order valence-corrected chi connectivity index (χ4v) is 0.698. The van der Waals surface area contributed by atoms with Crippen molar-refractivity contribution in [1.29, 1.82) is 0 Å². The zero-order chi connectivity index (χ0) is 7.98. The van der Waals surface area contributed by atoms with Gasteiger partial charge in [-0.2, -0.15) is 0 Å². The first-order valence-electron chi connectivity index (χ1n) is 3.57. The third-order valence-electron chi connectivity index (χ3n) is 1.72. The Kier molecular flexibility index (Phi) is 5.58. The first-order valence-corrected chi connectivity index (χ1v) is 3.57. The Balaban J connectivity index is 3.31. The molecule has 2 unspecified atom stereocenters. The monoisotopic (exact) mass is 147 g/mol. The number of ether oxygens (including phenoxy) is 1. The van der Waals surface area contributed by atoms with Crippen molar-refractivity contribution >= 4 is 0 Å². The molecule has 10 heavy (non-hydrogen) atoms. The molecule has 0 bridgehead atoms. The molecule has 62 valence electrons. The van der Waals surface area contributed by atoms with Gasteiger partial charge in [-0.25, -0.2) is 0 Å². The molecular formula is C7H17NO2. The number of hydrogen-bond donors (Lipinski definition) is 2. The second-order valence-electron chi connectivity index (χ2n) is 2.61. The highest BCUT2D eigenvalue weighted by molar-refractivity contribution is 4.66. The van der Waals surface area contributed by atoms with Crippen molar-refractivity contribution < 1.29 is 9.84 Å². The van der Waals surface area contributed by atoms with Gasteiger partial charge in [-0.1, -0.05) is 6.92 Å². The van der Waals surface area contributed by atoms with Gasteiger partial charge >= 0.3 is 0 Å². The fourth-order valence-electron chi connectivity index (χ4n) is 0.698. The van der Waals surface area contributed by atoms with E-state index in [4.69, 9.17) is 15.6 Å². The largest absolute Gasteiger partial charge is 0.395 e. The molecule has 0 heterocycles. The molecular weight excluding hydrogens is 130 g/mol. The average Bonchev–Trinajstić information content (AvgIpc) is 1.98. The van der Waals surface area contributed by atoms with Crippen molar-refractivity contribution in [1.82, 2.24) is 0 Å². The highest BCUT2D eigenvalue weighted by Gasteiger charge is 2.09. The lowest BCUT2D eigenvalue weighted by Crippen LogP contribution is -2.32. The van der Waals surface area contributed by atoms with Crippen LogP contribution in [0.1, 0.15) is 13.3 Å². The summed E-state index contributed by atoms with van der Waals surface area (Å²) in [5.74, 6) is 0.338. The topological polar surface area (TPSA) is 55.5 Å². The van der Waals surface area contributed by atoms with Crippen LogP contribution in [-0.2, 0) is 4.74 Å². The third kappa shape index (κ3) is 3.82. The maximum Gasteiger partial charge on any atom is 0.0585 e. The minimum atomic E-state index is -0.102. The fraction of sp³-hybridized carbons (Fsp3) is 1.00. The zero-order valence-corrected chi connectivity index (χ0v) is 6.71. The molecule has 0 amide bonds. The molecule has 3 nitrogen and oxygen atoms in total. The maximum atomic E-state index is 8.64. The molecule has 0 aliphatic heterocycles. The van der Waals surface area contributed by atoms with E-state index in [1.54, 1.807) is 7.11 Å². The van der Waals surface area contributed by atoms with Gasteiger partial charge in [0.05, 0.1) is 6.61 Å². The van der Waals surface area contributed by atoms with Crippen molar-refractivity contribution in [3.8, 4) is 0 Å².